The lowest BCUT2D eigenvalue weighted by Gasteiger charge is -2.03. The van der Waals surface area contributed by atoms with Crippen LogP contribution in [0.3, 0.4) is 0 Å². The molecule has 0 aromatic heterocycles. The highest BCUT2D eigenvalue weighted by atomic mass is 35.5. The van der Waals surface area contributed by atoms with Gasteiger partial charge in [0.05, 0.1) is 0 Å². The Kier molecular flexibility index (Phi) is 4.83. The van der Waals surface area contributed by atoms with E-state index in [1.807, 2.05) is 19.1 Å². The van der Waals surface area contributed by atoms with Crippen LogP contribution in [-0.4, -0.2) is 5.97 Å². The standard InChI is InChI=1S/C16H12Cl2O2/c1-11-10-14(7-8-15(11)18)20-16(19)9-4-12-2-5-13(17)6-3-12/h2-10H,1H3/b9-4+. The average molecular weight is 307 g/mol. The van der Waals surface area contributed by atoms with Gasteiger partial charge >= 0.3 is 5.97 Å². The van der Waals surface area contributed by atoms with Crippen LogP contribution in [0.25, 0.3) is 6.08 Å². The van der Waals surface area contributed by atoms with Gasteiger partial charge < -0.3 is 4.74 Å². The summed E-state index contributed by atoms with van der Waals surface area (Å²) in [6, 6.07) is 12.2. The Labute approximate surface area is 127 Å². The van der Waals surface area contributed by atoms with Crippen LogP contribution in [0.1, 0.15) is 11.1 Å². The Bertz CT molecular complexity index is 646. The first kappa shape index (κ1) is 14.6. The van der Waals surface area contributed by atoms with Crippen molar-refractivity contribution in [3.05, 3.63) is 69.7 Å². The molecule has 0 fully saturated rings. The highest BCUT2D eigenvalue weighted by molar-refractivity contribution is 6.31. The van der Waals surface area contributed by atoms with E-state index in [1.54, 1.807) is 36.4 Å². The van der Waals surface area contributed by atoms with Crippen molar-refractivity contribution in [1.29, 1.82) is 0 Å². The zero-order chi connectivity index (χ0) is 14.5. The number of hydrogen-bond donors (Lipinski definition) is 0. The molecule has 0 radical (unpaired) electrons. The molecule has 0 heterocycles. The van der Waals surface area contributed by atoms with Crippen LogP contribution in [0.5, 0.6) is 5.75 Å². The number of carbonyl (C=O) groups excluding carboxylic acids is 1. The van der Waals surface area contributed by atoms with Crippen molar-refractivity contribution in [1.82, 2.24) is 0 Å². The Morgan fingerprint density at radius 2 is 1.80 bits per heavy atom. The van der Waals surface area contributed by atoms with Crippen LogP contribution >= 0.6 is 23.2 Å². The van der Waals surface area contributed by atoms with Gasteiger partial charge in [0.25, 0.3) is 0 Å². The first-order valence-corrected chi connectivity index (χ1v) is 6.72. The van der Waals surface area contributed by atoms with Crippen molar-refractivity contribution in [3.8, 4) is 5.75 Å². The van der Waals surface area contributed by atoms with Crippen LogP contribution in [0.15, 0.2) is 48.5 Å². The molecule has 2 aromatic rings. The highest BCUT2D eigenvalue weighted by Crippen LogP contribution is 2.21. The summed E-state index contributed by atoms with van der Waals surface area (Å²) >= 11 is 11.7. The maximum Gasteiger partial charge on any atom is 0.336 e. The van der Waals surface area contributed by atoms with Crippen molar-refractivity contribution in [2.45, 2.75) is 6.92 Å². The van der Waals surface area contributed by atoms with E-state index in [2.05, 4.69) is 0 Å². The lowest BCUT2D eigenvalue weighted by Crippen LogP contribution is -2.03. The molecular formula is C16H12Cl2O2. The molecule has 0 atom stereocenters. The second-order valence-electron chi connectivity index (χ2n) is 4.22. The molecule has 4 heteroatoms. The molecule has 102 valence electrons. The third-order valence-corrected chi connectivity index (χ3v) is 3.31. The Hall–Kier alpha value is -1.77. The Balaban J connectivity index is 2.01. The molecule has 0 N–H and O–H groups in total. The van der Waals surface area contributed by atoms with Gasteiger partial charge in [0.15, 0.2) is 0 Å². The van der Waals surface area contributed by atoms with Gasteiger partial charge in [-0.1, -0.05) is 35.3 Å². The van der Waals surface area contributed by atoms with Gasteiger partial charge in [-0.25, -0.2) is 4.79 Å². The predicted octanol–water partition coefficient (Wildman–Crippen LogP) is 4.92. The van der Waals surface area contributed by atoms with Crippen molar-refractivity contribution in [2.24, 2.45) is 0 Å². The third kappa shape index (κ3) is 4.12. The molecule has 0 unspecified atom stereocenters. The lowest BCUT2D eigenvalue weighted by atomic mass is 10.2. The topological polar surface area (TPSA) is 26.3 Å². The van der Waals surface area contributed by atoms with Gasteiger partial charge in [0.2, 0.25) is 0 Å². The fourth-order valence-corrected chi connectivity index (χ4v) is 1.81. The summed E-state index contributed by atoms with van der Waals surface area (Å²) in [6.07, 6.45) is 3.04. The summed E-state index contributed by atoms with van der Waals surface area (Å²) in [6.45, 7) is 1.85. The number of aryl methyl sites for hydroxylation is 1. The van der Waals surface area contributed by atoms with E-state index in [0.717, 1.165) is 11.1 Å². The third-order valence-electron chi connectivity index (χ3n) is 2.63. The smallest absolute Gasteiger partial charge is 0.336 e. The summed E-state index contributed by atoms with van der Waals surface area (Å²) in [5.74, 6) is 0.0272. The van der Waals surface area contributed by atoms with E-state index in [-0.39, 0.29) is 0 Å². The number of rotatable bonds is 3. The molecule has 2 aromatic carbocycles. The molecule has 0 aliphatic carbocycles. The molecule has 0 aliphatic heterocycles. The van der Waals surface area contributed by atoms with Crippen LogP contribution in [0.2, 0.25) is 10.0 Å². The second kappa shape index (κ2) is 6.60. The molecular weight excluding hydrogens is 295 g/mol. The normalized spacial score (nSPS) is 10.8. The van der Waals surface area contributed by atoms with Gasteiger partial charge in [-0.3, -0.25) is 0 Å². The summed E-state index contributed by atoms with van der Waals surface area (Å²) in [5.41, 5.74) is 1.73. The number of ether oxygens (including phenoxy) is 1. The van der Waals surface area contributed by atoms with E-state index in [1.165, 1.54) is 6.08 Å². The van der Waals surface area contributed by atoms with Crippen LogP contribution < -0.4 is 4.74 Å². The first-order valence-electron chi connectivity index (χ1n) is 5.96. The first-order chi connectivity index (χ1) is 9.54. The molecule has 0 aliphatic rings. The zero-order valence-electron chi connectivity index (χ0n) is 10.8. The van der Waals surface area contributed by atoms with E-state index in [0.29, 0.717) is 15.8 Å². The largest absolute Gasteiger partial charge is 0.423 e. The fourth-order valence-electron chi connectivity index (χ4n) is 1.57. The zero-order valence-corrected chi connectivity index (χ0v) is 12.3. The molecule has 2 nitrogen and oxygen atoms in total. The van der Waals surface area contributed by atoms with Crippen molar-refractivity contribution in [3.63, 3.8) is 0 Å². The Morgan fingerprint density at radius 3 is 2.45 bits per heavy atom. The fraction of sp³-hybridized carbons (Fsp3) is 0.0625. The molecule has 20 heavy (non-hydrogen) atoms. The summed E-state index contributed by atoms with van der Waals surface area (Å²) in [5, 5.41) is 1.29. The van der Waals surface area contributed by atoms with Crippen molar-refractivity contribution in [2.75, 3.05) is 0 Å². The Morgan fingerprint density at radius 1 is 1.10 bits per heavy atom. The van der Waals surface area contributed by atoms with E-state index < -0.39 is 5.97 Å². The van der Waals surface area contributed by atoms with Crippen LogP contribution in [0.4, 0.5) is 0 Å². The SMILES string of the molecule is Cc1cc(OC(=O)/C=C/c2ccc(Cl)cc2)ccc1Cl. The molecule has 0 bridgehead atoms. The average Bonchev–Trinajstić information content (AvgIpc) is 2.42. The van der Waals surface area contributed by atoms with Gasteiger partial charge in [-0.15, -0.1) is 0 Å². The summed E-state index contributed by atoms with van der Waals surface area (Å²) < 4.78 is 5.19. The minimum Gasteiger partial charge on any atom is -0.423 e. The monoisotopic (exact) mass is 306 g/mol. The maximum absolute atomic E-state index is 11.7. The number of benzene rings is 2. The lowest BCUT2D eigenvalue weighted by molar-refractivity contribution is -0.128. The van der Waals surface area contributed by atoms with Crippen LogP contribution in [-0.2, 0) is 4.79 Å². The van der Waals surface area contributed by atoms with E-state index in [9.17, 15) is 4.79 Å². The molecule has 0 saturated heterocycles. The molecule has 2 rings (SSSR count). The number of esters is 1. The number of carbonyl (C=O) groups is 1. The minimum atomic E-state index is -0.443. The number of hydrogen-bond acceptors (Lipinski definition) is 2. The van der Waals surface area contributed by atoms with E-state index >= 15 is 0 Å². The maximum atomic E-state index is 11.7. The summed E-state index contributed by atoms with van der Waals surface area (Å²) in [7, 11) is 0. The van der Waals surface area contributed by atoms with Gasteiger partial charge in [-0.2, -0.15) is 0 Å². The molecule has 0 saturated carbocycles. The van der Waals surface area contributed by atoms with Gasteiger partial charge in [-0.05, 0) is 54.5 Å². The molecule has 0 amide bonds. The highest BCUT2D eigenvalue weighted by Gasteiger charge is 2.02. The van der Waals surface area contributed by atoms with Crippen molar-refractivity contribution >= 4 is 35.2 Å². The van der Waals surface area contributed by atoms with Gasteiger partial charge in [0.1, 0.15) is 5.75 Å². The molecule has 0 spiro atoms. The minimum absolute atomic E-state index is 0.443. The summed E-state index contributed by atoms with van der Waals surface area (Å²) in [4.78, 5) is 11.7. The van der Waals surface area contributed by atoms with Crippen molar-refractivity contribution < 1.29 is 9.53 Å². The van der Waals surface area contributed by atoms with Gasteiger partial charge in [0, 0.05) is 16.1 Å². The van der Waals surface area contributed by atoms with Crippen LogP contribution in [0, 0.1) is 6.92 Å². The quantitative estimate of drug-likeness (QED) is 0.457. The number of halogens is 2. The predicted molar refractivity (Wildman–Crippen MR) is 82.3 cm³/mol. The second-order valence-corrected chi connectivity index (χ2v) is 5.06. The van der Waals surface area contributed by atoms with E-state index in [4.69, 9.17) is 27.9 Å².